The molecule has 5 nitrogen and oxygen atoms in total. The zero-order chi connectivity index (χ0) is 18.7. The number of para-hydroxylation sites is 1. The van der Waals surface area contributed by atoms with Crippen molar-refractivity contribution in [2.75, 3.05) is 11.9 Å². The number of alkyl halides is 3. The van der Waals surface area contributed by atoms with E-state index in [9.17, 15) is 18.0 Å². The first-order valence-electron chi connectivity index (χ1n) is 7.66. The molecule has 136 valence electrons. The van der Waals surface area contributed by atoms with E-state index in [0.29, 0.717) is 28.3 Å². The Morgan fingerprint density at radius 1 is 1.23 bits per heavy atom. The lowest BCUT2D eigenvalue weighted by Gasteiger charge is -2.13. The summed E-state index contributed by atoms with van der Waals surface area (Å²) in [5.74, 6) is -0.274. The van der Waals surface area contributed by atoms with Gasteiger partial charge in [0.2, 0.25) is 0 Å². The number of amides is 2. The Hall–Kier alpha value is -2.81. The van der Waals surface area contributed by atoms with Gasteiger partial charge in [0, 0.05) is 12.1 Å². The first kappa shape index (κ1) is 18.0. The van der Waals surface area contributed by atoms with Crippen LogP contribution in [0.1, 0.15) is 6.92 Å². The van der Waals surface area contributed by atoms with E-state index >= 15 is 0 Å². The van der Waals surface area contributed by atoms with Crippen LogP contribution in [0.25, 0.3) is 21.3 Å². The number of nitrogens with one attached hydrogen (secondary N) is 2. The summed E-state index contributed by atoms with van der Waals surface area (Å²) in [6, 6.07) is 10.6. The second-order valence-electron chi connectivity index (χ2n) is 5.23. The van der Waals surface area contributed by atoms with Crippen molar-refractivity contribution in [2.45, 2.75) is 13.3 Å². The number of aromatic nitrogens is 1. The van der Waals surface area contributed by atoms with E-state index in [1.54, 1.807) is 37.3 Å². The van der Waals surface area contributed by atoms with Crippen LogP contribution >= 0.6 is 11.3 Å². The molecular weight excluding hydrogens is 367 g/mol. The van der Waals surface area contributed by atoms with Gasteiger partial charge in [0.15, 0.2) is 5.13 Å². The molecule has 0 aliphatic heterocycles. The van der Waals surface area contributed by atoms with Gasteiger partial charge in [-0.05, 0) is 30.7 Å². The lowest BCUT2D eigenvalue weighted by molar-refractivity contribution is -0.274. The molecule has 3 rings (SSSR count). The number of rotatable bonds is 4. The van der Waals surface area contributed by atoms with Crippen LogP contribution in [0.15, 0.2) is 42.5 Å². The number of thiazole rings is 1. The quantitative estimate of drug-likeness (QED) is 0.668. The van der Waals surface area contributed by atoms with E-state index < -0.39 is 6.36 Å². The minimum atomic E-state index is -4.77. The number of hydrogen-bond acceptors (Lipinski definition) is 4. The van der Waals surface area contributed by atoms with E-state index in [-0.39, 0.29) is 11.8 Å². The number of benzene rings is 2. The van der Waals surface area contributed by atoms with Crippen molar-refractivity contribution in [2.24, 2.45) is 0 Å². The van der Waals surface area contributed by atoms with Crippen LogP contribution in [0.4, 0.5) is 23.1 Å². The Morgan fingerprint density at radius 2 is 2.00 bits per heavy atom. The van der Waals surface area contributed by atoms with Crippen molar-refractivity contribution in [3.05, 3.63) is 42.5 Å². The molecule has 0 saturated heterocycles. The molecule has 1 heterocycles. The third-order valence-corrected chi connectivity index (χ3v) is 4.30. The largest absolute Gasteiger partial charge is 0.573 e. The molecule has 0 bridgehead atoms. The number of halogens is 3. The molecule has 0 spiro atoms. The van der Waals surface area contributed by atoms with Crippen molar-refractivity contribution in [1.29, 1.82) is 0 Å². The molecule has 2 N–H and O–H groups in total. The van der Waals surface area contributed by atoms with Crippen LogP contribution in [0.5, 0.6) is 5.75 Å². The van der Waals surface area contributed by atoms with Gasteiger partial charge in [0.05, 0.1) is 10.2 Å². The van der Waals surface area contributed by atoms with Crippen LogP contribution < -0.4 is 15.4 Å². The highest BCUT2D eigenvalue weighted by Gasteiger charge is 2.32. The molecule has 0 aliphatic rings. The van der Waals surface area contributed by atoms with Gasteiger partial charge in [-0.15, -0.1) is 13.2 Å². The number of urea groups is 1. The fraction of sp³-hybridized carbons (Fsp3) is 0.176. The van der Waals surface area contributed by atoms with Gasteiger partial charge >= 0.3 is 12.4 Å². The predicted octanol–water partition coefficient (Wildman–Crippen LogP) is 5.00. The summed E-state index contributed by atoms with van der Waals surface area (Å²) in [6.45, 7) is 2.28. The van der Waals surface area contributed by atoms with Gasteiger partial charge in [-0.1, -0.05) is 35.6 Å². The number of ether oxygens (including phenoxy) is 1. The third kappa shape index (κ3) is 4.23. The number of fused-ring (bicyclic) bond motifs is 1. The zero-order valence-corrected chi connectivity index (χ0v) is 14.4. The lowest BCUT2D eigenvalue weighted by Crippen LogP contribution is -2.28. The van der Waals surface area contributed by atoms with Crippen molar-refractivity contribution in [1.82, 2.24) is 10.3 Å². The fourth-order valence-corrected chi connectivity index (χ4v) is 3.27. The summed E-state index contributed by atoms with van der Waals surface area (Å²) >= 11 is 1.23. The van der Waals surface area contributed by atoms with Crippen molar-refractivity contribution >= 4 is 32.7 Å². The van der Waals surface area contributed by atoms with Crippen molar-refractivity contribution in [3.63, 3.8) is 0 Å². The van der Waals surface area contributed by atoms with Gasteiger partial charge in [-0.3, -0.25) is 5.32 Å². The van der Waals surface area contributed by atoms with Crippen LogP contribution in [-0.4, -0.2) is 23.9 Å². The Bertz CT molecular complexity index is 940. The van der Waals surface area contributed by atoms with Gasteiger partial charge in [-0.2, -0.15) is 0 Å². The maximum Gasteiger partial charge on any atom is 0.573 e. The molecule has 2 aromatic carbocycles. The lowest BCUT2D eigenvalue weighted by atomic mass is 10.0. The highest BCUT2D eigenvalue weighted by Crippen LogP contribution is 2.36. The molecule has 2 amide bonds. The van der Waals surface area contributed by atoms with Gasteiger partial charge < -0.3 is 10.1 Å². The van der Waals surface area contributed by atoms with E-state index in [4.69, 9.17) is 0 Å². The zero-order valence-electron chi connectivity index (χ0n) is 13.6. The monoisotopic (exact) mass is 381 g/mol. The smallest absolute Gasteiger partial charge is 0.405 e. The molecule has 9 heteroatoms. The average Bonchev–Trinajstić information content (AvgIpc) is 2.95. The maximum absolute atomic E-state index is 12.6. The van der Waals surface area contributed by atoms with E-state index in [0.717, 1.165) is 4.70 Å². The molecule has 26 heavy (non-hydrogen) atoms. The SMILES string of the molecule is CCNC(=O)Nc1nc2ccc(-c3ccccc3OC(F)(F)F)cc2s1. The van der Waals surface area contributed by atoms with Crippen LogP contribution in [0.3, 0.4) is 0 Å². The number of hydrogen-bond donors (Lipinski definition) is 2. The maximum atomic E-state index is 12.6. The Labute approximate surface area is 150 Å². The summed E-state index contributed by atoms with van der Waals surface area (Å²) in [5.41, 5.74) is 1.52. The van der Waals surface area contributed by atoms with Crippen LogP contribution in [0, 0.1) is 0 Å². The molecule has 0 fully saturated rings. The van der Waals surface area contributed by atoms with Crippen LogP contribution in [0.2, 0.25) is 0 Å². The van der Waals surface area contributed by atoms with Gasteiger partial charge in [0.1, 0.15) is 5.75 Å². The number of carbonyl (C=O) groups excluding carboxylic acids is 1. The summed E-state index contributed by atoms with van der Waals surface area (Å²) in [5, 5.41) is 5.62. The number of carbonyl (C=O) groups is 1. The van der Waals surface area contributed by atoms with Gasteiger partial charge in [-0.25, -0.2) is 9.78 Å². The molecule has 0 atom stereocenters. The first-order chi connectivity index (χ1) is 12.4. The predicted molar refractivity (Wildman–Crippen MR) is 94.4 cm³/mol. The summed E-state index contributed by atoms with van der Waals surface area (Å²) < 4.78 is 42.6. The first-order valence-corrected chi connectivity index (χ1v) is 8.48. The highest BCUT2D eigenvalue weighted by molar-refractivity contribution is 7.22. The van der Waals surface area contributed by atoms with E-state index in [1.165, 1.54) is 23.5 Å². The molecule has 0 saturated carbocycles. The summed E-state index contributed by atoms with van der Waals surface area (Å²) in [7, 11) is 0. The molecule has 0 radical (unpaired) electrons. The highest BCUT2D eigenvalue weighted by atomic mass is 32.1. The van der Waals surface area contributed by atoms with E-state index in [1.807, 2.05) is 0 Å². The second-order valence-corrected chi connectivity index (χ2v) is 6.26. The summed E-state index contributed by atoms with van der Waals surface area (Å²) in [6.07, 6.45) is -4.77. The van der Waals surface area contributed by atoms with Crippen LogP contribution in [-0.2, 0) is 0 Å². The standard InChI is InChI=1S/C17H14F3N3O2S/c1-2-21-15(24)23-16-22-12-8-7-10(9-14(12)26-16)11-5-3-4-6-13(11)25-17(18,19)20/h3-9H,2H2,1H3,(H2,21,22,23,24). The summed E-state index contributed by atoms with van der Waals surface area (Å²) in [4.78, 5) is 15.9. The Balaban J connectivity index is 1.94. The molecule has 1 aromatic heterocycles. The van der Waals surface area contributed by atoms with Crippen molar-refractivity contribution < 1.29 is 22.7 Å². The Kier molecular flexibility index (Phi) is 4.99. The number of anilines is 1. The normalized spacial score (nSPS) is 11.4. The molecule has 3 aromatic rings. The molecular formula is C17H14F3N3O2S. The Morgan fingerprint density at radius 3 is 2.73 bits per heavy atom. The topological polar surface area (TPSA) is 63.2 Å². The van der Waals surface area contributed by atoms with E-state index in [2.05, 4.69) is 20.4 Å². The minimum absolute atomic E-state index is 0.274. The fourth-order valence-electron chi connectivity index (χ4n) is 2.37. The second kappa shape index (κ2) is 7.20. The van der Waals surface area contributed by atoms with Gasteiger partial charge in [0.25, 0.3) is 0 Å². The third-order valence-electron chi connectivity index (χ3n) is 3.37. The number of nitrogens with zero attached hydrogens (tertiary/aromatic N) is 1. The molecule has 0 aliphatic carbocycles. The minimum Gasteiger partial charge on any atom is -0.405 e. The average molecular weight is 381 g/mol. The van der Waals surface area contributed by atoms with Crippen molar-refractivity contribution in [3.8, 4) is 16.9 Å². The molecule has 0 unspecified atom stereocenters.